The minimum Gasteiger partial charge on any atom is -0.449 e. The van der Waals surface area contributed by atoms with Gasteiger partial charge in [0.1, 0.15) is 0 Å². The van der Waals surface area contributed by atoms with Gasteiger partial charge in [-0.15, -0.1) is 0 Å². The van der Waals surface area contributed by atoms with Gasteiger partial charge in [-0.2, -0.15) is 0 Å². The quantitative estimate of drug-likeness (QED) is 0.654. The summed E-state index contributed by atoms with van der Waals surface area (Å²) in [4.78, 5) is 11.4. The Labute approximate surface area is 123 Å². The van der Waals surface area contributed by atoms with E-state index in [2.05, 4.69) is 32.2 Å². The molecule has 20 heavy (non-hydrogen) atoms. The van der Waals surface area contributed by atoms with Crippen molar-refractivity contribution in [2.75, 3.05) is 20.3 Å². The molecule has 0 aromatic rings. The lowest BCUT2D eigenvalue weighted by molar-refractivity contribution is 0.0801. The summed E-state index contributed by atoms with van der Waals surface area (Å²) >= 11 is 0. The van der Waals surface area contributed by atoms with E-state index in [1.165, 1.54) is 11.1 Å². The lowest BCUT2D eigenvalue weighted by atomic mass is 10.1. The molecule has 0 saturated carbocycles. The van der Waals surface area contributed by atoms with E-state index in [0.717, 1.165) is 12.8 Å². The fourth-order valence-corrected chi connectivity index (χ4v) is 1.49. The average molecular weight is 283 g/mol. The molecule has 116 valence electrons. The zero-order chi connectivity index (χ0) is 15.4. The van der Waals surface area contributed by atoms with Gasteiger partial charge in [0.15, 0.2) is 0 Å². The van der Waals surface area contributed by atoms with E-state index in [-0.39, 0.29) is 12.2 Å². The molecule has 1 amide bonds. The molecule has 0 fully saturated rings. The Morgan fingerprint density at radius 3 is 2.55 bits per heavy atom. The number of carbonyl (C=O) groups is 1. The molecule has 1 N–H and O–H groups in total. The zero-order valence-electron chi connectivity index (χ0n) is 13.5. The molecule has 0 saturated heterocycles. The first-order valence-corrected chi connectivity index (χ1v) is 7.18. The first-order chi connectivity index (χ1) is 9.45. The Morgan fingerprint density at radius 2 is 1.95 bits per heavy atom. The number of allylic oxidation sites excluding steroid dienone is 3. The van der Waals surface area contributed by atoms with Crippen LogP contribution in [0.3, 0.4) is 0 Å². The summed E-state index contributed by atoms with van der Waals surface area (Å²) in [5.41, 5.74) is 2.61. The number of ether oxygens (including phenoxy) is 2. The summed E-state index contributed by atoms with van der Waals surface area (Å²) in [5, 5.41) is 2.71. The number of amides is 1. The number of rotatable bonds is 9. The van der Waals surface area contributed by atoms with Gasteiger partial charge in [0, 0.05) is 20.1 Å². The average Bonchev–Trinajstić information content (AvgIpc) is 2.38. The third-order valence-corrected chi connectivity index (χ3v) is 2.95. The minimum atomic E-state index is -0.373. The summed E-state index contributed by atoms with van der Waals surface area (Å²) < 4.78 is 10.1. The first-order valence-electron chi connectivity index (χ1n) is 7.18. The molecule has 0 heterocycles. The van der Waals surface area contributed by atoms with E-state index in [1.807, 2.05) is 13.0 Å². The highest BCUT2D eigenvalue weighted by atomic mass is 16.5. The predicted octanol–water partition coefficient (Wildman–Crippen LogP) is 3.83. The minimum absolute atomic E-state index is 0.111. The van der Waals surface area contributed by atoms with Crippen molar-refractivity contribution in [2.24, 2.45) is 0 Å². The summed E-state index contributed by atoms with van der Waals surface area (Å²) in [6, 6.07) is 0. The van der Waals surface area contributed by atoms with Crippen LogP contribution in [0.4, 0.5) is 4.79 Å². The van der Waals surface area contributed by atoms with E-state index in [1.54, 1.807) is 7.11 Å². The van der Waals surface area contributed by atoms with Gasteiger partial charge in [-0.05, 0) is 40.5 Å². The fraction of sp³-hybridized carbons (Fsp3) is 0.688. The molecule has 4 nitrogen and oxygen atoms in total. The highest BCUT2D eigenvalue weighted by Crippen LogP contribution is 2.05. The lowest BCUT2D eigenvalue weighted by Crippen LogP contribution is -2.25. The highest BCUT2D eigenvalue weighted by molar-refractivity contribution is 5.67. The highest BCUT2D eigenvalue weighted by Gasteiger charge is 2.03. The molecule has 0 radical (unpaired) electrons. The molecule has 0 rings (SSSR count). The third kappa shape index (κ3) is 11.8. The summed E-state index contributed by atoms with van der Waals surface area (Å²) in [6.45, 7) is 9.11. The summed E-state index contributed by atoms with van der Waals surface area (Å²) in [5.74, 6) is 0. The number of hydrogen-bond acceptors (Lipinski definition) is 3. The molecular weight excluding hydrogens is 254 g/mol. The maximum Gasteiger partial charge on any atom is 0.407 e. The number of methoxy groups -OCH3 is 1. The summed E-state index contributed by atoms with van der Waals surface area (Å²) in [6.07, 6.45) is 6.76. The zero-order valence-corrected chi connectivity index (χ0v) is 13.5. The van der Waals surface area contributed by atoms with Gasteiger partial charge < -0.3 is 14.8 Å². The van der Waals surface area contributed by atoms with Crippen LogP contribution in [0.2, 0.25) is 0 Å². The fourth-order valence-electron chi connectivity index (χ4n) is 1.49. The van der Waals surface area contributed by atoms with Gasteiger partial charge in [0.05, 0.1) is 12.7 Å². The van der Waals surface area contributed by atoms with Crippen molar-refractivity contribution in [1.29, 1.82) is 0 Å². The van der Waals surface area contributed by atoms with Crippen LogP contribution in [0.25, 0.3) is 0 Å². The van der Waals surface area contributed by atoms with Gasteiger partial charge in [0.2, 0.25) is 0 Å². The SMILES string of the molecule is COC(C)CCOC(=O)NC/C=C(\C)CCC=C(C)C. The number of carbonyl (C=O) groups excluding carboxylic acids is 1. The molecule has 0 aliphatic carbocycles. The maximum atomic E-state index is 11.4. The van der Waals surface area contributed by atoms with Crippen LogP contribution in [-0.4, -0.2) is 32.5 Å². The maximum absolute atomic E-state index is 11.4. The molecular formula is C16H29NO3. The van der Waals surface area contributed by atoms with E-state index < -0.39 is 0 Å². The van der Waals surface area contributed by atoms with E-state index in [0.29, 0.717) is 19.6 Å². The van der Waals surface area contributed by atoms with Gasteiger partial charge in [-0.3, -0.25) is 0 Å². The van der Waals surface area contributed by atoms with Gasteiger partial charge in [-0.1, -0.05) is 23.3 Å². The number of alkyl carbamates (subject to hydrolysis) is 1. The van der Waals surface area contributed by atoms with E-state index in [4.69, 9.17) is 9.47 Å². The van der Waals surface area contributed by atoms with Crippen LogP contribution in [0.5, 0.6) is 0 Å². The molecule has 0 aliphatic rings. The van der Waals surface area contributed by atoms with Crippen LogP contribution in [-0.2, 0) is 9.47 Å². The molecule has 4 heteroatoms. The lowest BCUT2D eigenvalue weighted by Gasteiger charge is -2.09. The largest absolute Gasteiger partial charge is 0.449 e. The van der Waals surface area contributed by atoms with Gasteiger partial charge in [-0.25, -0.2) is 4.79 Å². The second-order valence-electron chi connectivity index (χ2n) is 5.22. The predicted molar refractivity (Wildman–Crippen MR) is 82.9 cm³/mol. The first kappa shape index (κ1) is 18.7. The number of nitrogens with one attached hydrogen (secondary N) is 1. The van der Waals surface area contributed by atoms with Crippen LogP contribution in [0.15, 0.2) is 23.3 Å². The van der Waals surface area contributed by atoms with Crippen LogP contribution in [0.1, 0.15) is 47.0 Å². The van der Waals surface area contributed by atoms with Crippen molar-refractivity contribution in [3.63, 3.8) is 0 Å². The van der Waals surface area contributed by atoms with Crippen molar-refractivity contribution < 1.29 is 14.3 Å². The van der Waals surface area contributed by atoms with Crippen molar-refractivity contribution in [3.05, 3.63) is 23.3 Å². The molecule has 0 aliphatic heterocycles. The Morgan fingerprint density at radius 1 is 1.25 bits per heavy atom. The molecule has 0 spiro atoms. The topological polar surface area (TPSA) is 47.6 Å². The summed E-state index contributed by atoms with van der Waals surface area (Å²) in [7, 11) is 1.65. The van der Waals surface area contributed by atoms with Gasteiger partial charge in [0.25, 0.3) is 0 Å². The van der Waals surface area contributed by atoms with Crippen LogP contribution < -0.4 is 5.32 Å². The van der Waals surface area contributed by atoms with Crippen molar-refractivity contribution in [3.8, 4) is 0 Å². The third-order valence-electron chi connectivity index (χ3n) is 2.95. The molecule has 0 aromatic carbocycles. The Bertz CT molecular complexity index is 331. The van der Waals surface area contributed by atoms with E-state index in [9.17, 15) is 4.79 Å². The molecule has 1 unspecified atom stereocenters. The second kappa shape index (κ2) is 11.5. The van der Waals surface area contributed by atoms with E-state index >= 15 is 0 Å². The van der Waals surface area contributed by atoms with Crippen LogP contribution in [0, 0.1) is 0 Å². The molecule has 0 bridgehead atoms. The monoisotopic (exact) mass is 283 g/mol. The Hall–Kier alpha value is -1.29. The van der Waals surface area contributed by atoms with Crippen molar-refractivity contribution in [2.45, 2.75) is 53.1 Å². The standard InChI is InChI=1S/C16H29NO3/c1-13(2)7-6-8-14(3)9-11-17-16(18)20-12-10-15(4)19-5/h7,9,15H,6,8,10-12H2,1-5H3,(H,17,18)/b14-9+. The van der Waals surface area contributed by atoms with Crippen LogP contribution >= 0.6 is 0 Å². The van der Waals surface area contributed by atoms with Crippen molar-refractivity contribution in [1.82, 2.24) is 5.32 Å². The van der Waals surface area contributed by atoms with Gasteiger partial charge >= 0.3 is 6.09 Å². The molecule has 0 aromatic heterocycles. The Balaban J connectivity index is 3.70. The molecule has 1 atom stereocenters. The second-order valence-corrected chi connectivity index (χ2v) is 5.22. The van der Waals surface area contributed by atoms with Crippen molar-refractivity contribution >= 4 is 6.09 Å². The Kier molecular flexibility index (Phi) is 10.8. The number of hydrogen-bond donors (Lipinski definition) is 1. The smallest absolute Gasteiger partial charge is 0.407 e. The normalized spacial score (nSPS) is 12.8.